The van der Waals surface area contributed by atoms with Crippen molar-refractivity contribution in [2.45, 2.75) is 30.7 Å². The summed E-state index contributed by atoms with van der Waals surface area (Å²) in [4.78, 5) is 0. The number of fused-ring (bicyclic) bond motifs is 5. The van der Waals surface area contributed by atoms with Crippen LogP contribution in [0.15, 0.2) is 84.9 Å². The zero-order valence-corrected chi connectivity index (χ0v) is 18.3. The largest absolute Gasteiger partial charge is 0.394 e. The lowest BCUT2D eigenvalue weighted by molar-refractivity contribution is -0.286. The maximum atomic E-state index is 9.12. The van der Waals surface area contributed by atoms with Crippen LogP contribution in [0.25, 0.3) is 43.1 Å². The number of hydrogen-bond donors (Lipinski definition) is 5. The van der Waals surface area contributed by atoms with E-state index in [1.807, 2.05) is 0 Å². The molecule has 0 saturated carbocycles. The van der Waals surface area contributed by atoms with Crippen molar-refractivity contribution in [2.24, 2.45) is 0 Å². The van der Waals surface area contributed by atoms with Crippen LogP contribution in [0, 0.1) is 0 Å². The Bertz CT molecular complexity index is 1370. The summed E-state index contributed by atoms with van der Waals surface area (Å²) in [5, 5.41) is 55.1. The fourth-order valence-electron chi connectivity index (χ4n) is 4.52. The summed E-state index contributed by atoms with van der Waals surface area (Å²) in [6, 6.07) is 30.8. The minimum atomic E-state index is -1.57. The zero-order valence-electron chi connectivity index (χ0n) is 18.3. The fourth-order valence-corrected chi connectivity index (χ4v) is 4.52. The lowest BCUT2D eigenvalue weighted by Gasteiger charge is -2.37. The van der Waals surface area contributed by atoms with Crippen molar-refractivity contribution in [1.82, 2.24) is 0 Å². The molecule has 6 nitrogen and oxygen atoms in total. The van der Waals surface area contributed by atoms with Crippen molar-refractivity contribution in [3.8, 4) is 0 Å². The molecule has 1 aliphatic heterocycles. The predicted octanol–water partition coefficient (Wildman–Crippen LogP) is 3.08. The van der Waals surface area contributed by atoms with Gasteiger partial charge < -0.3 is 30.3 Å². The second kappa shape index (κ2) is 9.27. The van der Waals surface area contributed by atoms with Crippen LogP contribution < -0.4 is 0 Å². The van der Waals surface area contributed by atoms with E-state index >= 15 is 0 Å². The first-order valence-electron chi connectivity index (χ1n) is 11.2. The third-order valence-electron chi connectivity index (χ3n) is 6.44. The van der Waals surface area contributed by atoms with Crippen molar-refractivity contribution in [1.29, 1.82) is 0 Å². The Morgan fingerprint density at radius 3 is 1.41 bits per heavy atom. The van der Waals surface area contributed by atoms with E-state index in [0.29, 0.717) is 0 Å². The maximum absolute atomic E-state index is 9.12. The first-order chi connectivity index (χ1) is 16.5. The van der Waals surface area contributed by atoms with Crippen molar-refractivity contribution in [3.05, 3.63) is 84.9 Å². The van der Waals surface area contributed by atoms with E-state index in [1.54, 1.807) is 0 Å². The van der Waals surface area contributed by atoms with Crippen molar-refractivity contribution >= 4 is 43.1 Å². The van der Waals surface area contributed by atoms with Crippen LogP contribution in [-0.4, -0.2) is 62.8 Å². The molecule has 5 atom stereocenters. The van der Waals surface area contributed by atoms with E-state index in [9.17, 15) is 0 Å². The van der Waals surface area contributed by atoms with Gasteiger partial charge in [-0.15, -0.1) is 0 Å². The molecule has 1 heterocycles. The van der Waals surface area contributed by atoms with Crippen LogP contribution >= 0.6 is 0 Å². The summed E-state index contributed by atoms with van der Waals surface area (Å²) in [7, 11) is 0. The minimum absolute atomic E-state index is 0.526. The summed E-state index contributed by atoms with van der Waals surface area (Å²) < 4.78 is 4.58. The van der Waals surface area contributed by atoms with Crippen LogP contribution in [0.1, 0.15) is 0 Å². The number of hydrogen-bond acceptors (Lipinski definition) is 6. The second-order valence-electron chi connectivity index (χ2n) is 8.63. The summed E-state index contributed by atoms with van der Waals surface area (Å²) in [6.07, 6.45) is -7.04. The van der Waals surface area contributed by atoms with Gasteiger partial charge in [-0.05, 0) is 67.4 Å². The Labute approximate surface area is 195 Å². The quantitative estimate of drug-likeness (QED) is 0.195. The molecule has 0 unspecified atom stereocenters. The van der Waals surface area contributed by atoms with Crippen molar-refractivity contribution in [3.63, 3.8) is 0 Å². The van der Waals surface area contributed by atoms with Gasteiger partial charge in [-0.3, -0.25) is 0 Å². The maximum Gasteiger partial charge on any atom is 0.184 e. The molecular weight excluding hydrogens is 432 g/mol. The molecule has 0 amide bonds. The SMILES string of the molecule is OC[C@H]1O[C@H](O)[C@H](O)[C@@H](O)[C@@H]1O.c1ccc2cc3c(ccc4cc5ccccc5cc43)cc2c1. The molecule has 5 aromatic rings. The molecule has 1 saturated heterocycles. The van der Waals surface area contributed by atoms with E-state index in [2.05, 4.69) is 89.7 Å². The molecule has 5 aromatic carbocycles. The van der Waals surface area contributed by atoms with Gasteiger partial charge in [0.25, 0.3) is 0 Å². The molecule has 0 aliphatic carbocycles. The van der Waals surface area contributed by atoms with Crippen LogP contribution in [-0.2, 0) is 4.74 Å². The molecule has 6 rings (SSSR count). The van der Waals surface area contributed by atoms with Gasteiger partial charge in [0.1, 0.15) is 24.4 Å². The van der Waals surface area contributed by atoms with Crippen molar-refractivity contribution in [2.75, 3.05) is 6.61 Å². The normalized spacial score (nSPS) is 24.9. The molecule has 174 valence electrons. The number of aliphatic hydroxyl groups excluding tert-OH is 5. The molecule has 34 heavy (non-hydrogen) atoms. The van der Waals surface area contributed by atoms with Gasteiger partial charge in [-0.25, -0.2) is 0 Å². The molecule has 0 aromatic heterocycles. The molecule has 0 bridgehead atoms. The summed E-state index contributed by atoms with van der Waals surface area (Å²) in [5.41, 5.74) is 0. The van der Waals surface area contributed by atoms with Gasteiger partial charge in [0.05, 0.1) is 6.61 Å². The molecule has 5 N–H and O–H groups in total. The van der Waals surface area contributed by atoms with Gasteiger partial charge in [0, 0.05) is 0 Å². The molecule has 6 heteroatoms. The van der Waals surface area contributed by atoms with Gasteiger partial charge in [0.2, 0.25) is 0 Å². The summed E-state index contributed by atoms with van der Waals surface area (Å²) in [6.45, 7) is -0.526. The van der Waals surface area contributed by atoms with Gasteiger partial charge >= 0.3 is 0 Å². The lowest BCUT2D eigenvalue weighted by Crippen LogP contribution is -2.58. The Morgan fingerprint density at radius 2 is 0.971 bits per heavy atom. The van der Waals surface area contributed by atoms with Crippen LogP contribution in [0.3, 0.4) is 0 Å². The average molecular weight is 459 g/mol. The number of benzene rings is 5. The van der Waals surface area contributed by atoms with Gasteiger partial charge in [-0.1, -0.05) is 60.7 Å². The number of rotatable bonds is 1. The van der Waals surface area contributed by atoms with Crippen LogP contribution in [0.2, 0.25) is 0 Å². The second-order valence-corrected chi connectivity index (χ2v) is 8.63. The smallest absolute Gasteiger partial charge is 0.184 e. The van der Waals surface area contributed by atoms with E-state index in [4.69, 9.17) is 25.5 Å². The minimum Gasteiger partial charge on any atom is -0.394 e. The van der Waals surface area contributed by atoms with Crippen molar-refractivity contribution < 1.29 is 30.3 Å². The summed E-state index contributed by atoms with van der Waals surface area (Å²) >= 11 is 0. The monoisotopic (exact) mass is 458 g/mol. The number of aliphatic hydroxyl groups is 5. The Kier molecular flexibility index (Phi) is 6.18. The Morgan fingerprint density at radius 1 is 0.529 bits per heavy atom. The molecule has 1 aliphatic rings. The van der Waals surface area contributed by atoms with Gasteiger partial charge in [0.15, 0.2) is 6.29 Å². The summed E-state index contributed by atoms with van der Waals surface area (Å²) in [5.74, 6) is 0. The van der Waals surface area contributed by atoms with E-state index < -0.39 is 37.3 Å². The molecular formula is C28H26O6. The van der Waals surface area contributed by atoms with Crippen LogP contribution in [0.5, 0.6) is 0 Å². The highest BCUT2D eigenvalue weighted by Gasteiger charge is 2.42. The first kappa shape index (κ1) is 22.7. The van der Waals surface area contributed by atoms with E-state index in [-0.39, 0.29) is 0 Å². The zero-order chi connectivity index (χ0) is 23.8. The highest BCUT2D eigenvalue weighted by Crippen LogP contribution is 2.32. The lowest BCUT2D eigenvalue weighted by atomic mass is 9.96. The Hall–Kier alpha value is -3.10. The molecule has 1 fully saturated rings. The molecule has 0 radical (unpaired) electrons. The van der Waals surface area contributed by atoms with Gasteiger partial charge in [-0.2, -0.15) is 0 Å². The number of ether oxygens (including phenoxy) is 1. The fraction of sp³-hybridized carbons (Fsp3) is 0.214. The molecule has 0 spiro atoms. The standard InChI is InChI=1S/C22H14.C6H12O6/c1-3-7-17-13-21-19(11-15(17)5-1)9-10-20-12-16-6-2-4-8-18(16)14-22(20)21;7-1-2-3(8)4(9)5(10)6(11)12-2/h1-14H;2-11H,1H2/t;2-,3-,4+,5-,6+/m.1/s1. The van der Waals surface area contributed by atoms with E-state index in [1.165, 1.54) is 43.1 Å². The Balaban J connectivity index is 0.000000172. The predicted molar refractivity (Wildman–Crippen MR) is 132 cm³/mol. The van der Waals surface area contributed by atoms with Crippen LogP contribution in [0.4, 0.5) is 0 Å². The highest BCUT2D eigenvalue weighted by molar-refractivity contribution is 6.15. The third-order valence-corrected chi connectivity index (χ3v) is 6.44. The third kappa shape index (κ3) is 4.12. The highest BCUT2D eigenvalue weighted by atomic mass is 16.6. The van der Waals surface area contributed by atoms with E-state index in [0.717, 1.165) is 0 Å². The average Bonchev–Trinajstić information content (AvgIpc) is 2.87. The topological polar surface area (TPSA) is 110 Å². The first-order valence-corrected chi connectivity index (χ1v) is 11.2.